The number of hydrogen-bond acceptors (Lipinski definition) is 3. The van der Waals surface area contributed by atoms with Gasteiger partial charge < -0.3 is 4.90 Å². The van der Waals surface area contributed by atoms with Crippen molar-refractivity contribution < 1.29 is 13.2 Å². The van der Waals surface area contributed by atoms with Crippen molar-refractivity contribution in [3.8, 4) is 0 Å². The number of sulfonamides is 1. The summed E-state index contributed by atoms with van der Waals surface area (Å²) in [5.74, 6) is -0.342. The number of nitrogens with one attached hydrogen (secondary N) is 1. The van der Waals surface area contributed by atoms with Crippen molar-refractivity contribution in [2.75, 3.05) is 13.6 Å². The molecular formula is C12H15BrCl2N2O3S. The first-order chi connectivity index (χ1) is 9.60. The van der Waals surface area contributed by atoms with Gasteiger partial charge in [-0.1, -0.05) is 39.1 Å². The zero-order valence-corrected chi connectivity index (χ0v) is 15.6. The highest BCUT2D eigenvalue weighted by Gasteiger charge is 2.27. The van der Waals surface area contributed by atoms with Crippen LogP contribution in [0.2, 0.25) is 10.0 Å². The number of halogens is 3. The van der Waals surface area contributed by atoms with Gasteiger partial charge in [0.05, 0.1) is 16.1 Å². The summed E-state index contributed by atoms with van der Waals surface area (Å²) in [5.41, 5.74) is 0. The van der Waals surface area contributed by atoms with Crippen molar-refractivity contribution in [1.29, 1.82) is 0 Å². The number of benzene rings is 1. The van der Waals surface area contributed by atoms with Crippen LogP contribution in [0.4, 0.5) is 0 Å². The third-order valence-corrected chi connectivity index (χ3v) is 5.70. The summed E-state index contributed by atoms with van der Waals surface area (Å²) in [4.78, 5) is 13.1. The fraction of sp³-hybridized carbons (Fsp3) is 0.417. The Morgan fingerprint density at radius 3 is 2.29 bits per heavy atom. The second kappa shape index (κ2) is 7.28. The van der Waals surface area contributed by atoms with E-state index in [9.17, 15) is 13.2 Å². The molecule has 1 unspecified atom stereocenters. The van der Waals surface area contributed by atoms with Crippen LogP contribution in [0.5, 0.6) is 0 Å². The van der Waals surface area contributed by atoms with Gasteiger partial charge in [0.15, 0.2) is 0 Å². The minimum atomic E-state index is -4.01. The second-order valence-electron chi connectivity index (χ2n) is 4.39. The van der Waals surface area contributed by atoms with E-state index in [-0.39, 0.29) is 20.8 Å². The molecule has 0 aromatic heterocycles. The molecule has 21 heavy (non-hydrogen) atoms. The predicted octanol–water partition coefficient (Wildman–Crippen LogP) is 2.90. The summed E-state index contributed by atoms with van der Waals surface area (Å²) in [6, 6.07) is 1.93. The van der Waals surface area contributed by atoms with Gasteiger partial charge in [0, 0.05) is 18.1 Å². The first-order valence-corrected chi connectivity index (χ1v) is 9.05. The topological polar surface area (TPSA) is 66.5 Å². The lowest BCUT2D eigenvalue weighted by Crippen LogP contribution is -2.45. The van der Waals surface area contributed by atoms with Crippen molar-refractivity contribution in [2.45, 2.75) is 24.8 Å². The molecule has 1 atom stereocenters. The van der Waals surface area contributed by atoms with Gasteiger partial charge in [-0.3, -0.25) is 4.79 Å². The monoisotopic (exact) mass is 416 g/mol. The Bertz CT molecular complexity index is 629. The summed E-state index contributed by atoms with van der Waals surface area (Å²) in [6.45, 7) is 3.74. The highest BCUT2D eigenvalue weighted by Crippen LogP contribution is 2.32. The molecule has 0 aliphatic carbocycles. The highest BCUT2D eigenvalue weighted by atomic mass is 79.9. The lowest BCUT2D eigenvalue weighted by atomic mass is 10.3. The Balaban J connectivity index is 3.11. The molecule has 0 saturated heterocycles. The molecular weight excluding hydrogens is 403 g/mol. The minimum absolute atomic E-state index is 0.0228. The van der Waals surface area contributed by atoms with E-state index in [1.54, 1.807) is 14.0 Å². The molecule has 118 valence electrons. The molecule has 0 radical (unpaired) electrons. The molecule has 0 saturated carbocycles. The fourth-order valence-electron chi connectivity index (χ4n) is 1.61. The van der Waals surface area contributed by atoms with Gasteiger partial charge in [0.25, 0.3) is 0 Å². The Labute approximate surface area is 142 Å². The fourth-order valence-corrected chi connectivity index (χ4v) is 4.75. The number of amides is 1. The lowest BCUT2D eigenvalue weighted by Gasteiger charge is -2.21. The predicted molar refractivity (Wildman–Crippen MR) is 87.3 cm³/mol. The normalized spacial score (nSPS) is 13.0. The van der Waals surface area contributed by atoms with E-state index in [0.717, 1.165) is 0 Å². The van der Waals surface area contributed by atoms with Crippen LogP contribution >= 0.6 is 39.1 Å². The summed E-state index contributed by atoms with van der Waals surface area (Å²) < 4.78 is 27.5. The van der Waals surface area contributed by atoms with Crippen LogP contribution in [-0.4, -0.2) is 38.9 Å². The third-order valence-electron chi connectivity index (χ3n) is 2.78. The molecule has 0 heterocycles. The second-order valence-corrected chi connectivity index (χ2v) is 7.77. The van der Waals surface area contributed by atoms with Crippen molar-refractivity contribution in [2.24, 2.45) is 0 Å². The summed E-state index contributed by atoms with van der Waals surface area (Å²) in [6.07, 6.45) is 0. The molecule has 1 amide bonds. The van der Waals surface area contributed by atoms with Crippen molar-refractivity contribution in [3.63, 3.8) is 0 Å². The third kappa shape index (κ3) is 4.56. The summed E-state index contributed by atoms with van der Waals surface area (Å²) in [7, 11) is -2.42. The van der Waals surface area contributed by atoms with Gasteiger partial charge in [0.2, 0.25) is 15.9 Å². The highest BCUT2D eigenvalue weighted by molar-refractivity contribution is 9.10. The molecule has 1 aromatic carbocycles. The minimum Gasteiger partial charge on any atom is -0.345 e. The number of likely N-dealkylation sites (N-methyl/N-ethyl adjacent to an activating group) is 1. The molecule has 0 fully saturated rings. The average Bonchev–Trinajstić information content (AvgIpc) is 2.34. The first-order valence-electron chi connectivity index (χ1n) is 6.02. The maximum absolute atomic E-state index is 12.3. The van der Waals surface area contributed by atoms with Crippen LogP contribution in [0.25, 0.3) is 0 Å². The van der Waals surface area contributed by atoms with Crippen LogP contribution in [0, 0.1) is 0 Å². The first kappa shape index (κ1) is 18.7. The van der Waals surface area contributed by atoms with E-state index in [0.29, 0.717) is 11.0 Å². The average molecular weight is 418 g/mol. The zero-order valence-electron chi connectivity index (χ0n) is 11.7. The SMILES string of the molecule is CCN(C)C(=O)C(C)NS(=O)(=O)c1c(Cl)cc(Br)cc1Cl. The molecule has 0 spiro atoms. The molecule has 0 aliphatic rings. The van der Waals surface area contributed by atoms with Crippen molar-refractivity contribution in [1.82, 2.24) is 9.62 Å². The Morgan fingerprint density at radius 2 is 1.86 bits per heavy atom. The van der Waals surface area contributed by atoms with Gasteiger partial charge in [0.1, 0.15) is 4.90 Å². The van der Waals surface area contributed by atoms with E-state index >= 15 is 0 Å². The molecule has 0 bridgehead atoms. The van der Waals surface area contributed by atoms with Crippen LogP contribution in [0.15, 0.2) is 21.5 Å². The van der Waals surface area contributed by atoms with E-state index in [2.05, 4.69) is 20.7 Å². The smallest absolute Gasteiger partial charge is 0.244 e. The number of carbonyl (C=O) groups is 1. The van der Waals surface area contributed by atoms with Crippen LogP contribution in [-0.2, 0) is 14.8 Å². The van der Waals surface area contributed by atoms with E-state index in [4.69, 9.17) is 23.2 Å². The number of carbonyl (C=O) groups excluding carboxylic acids is 1. The number of nitrogens with zero attached hydrogens (tertiary/aromatic N) is 1. The summed E-state index contributed by atoms with van der Waals surface area (Å²) >= 11 is 15.1. The Kier molecular flexibility index (Phi) is 6.49. The van der Waals surface area contributed by atoms with Crippen molar-refractivity contribution >= 4 is 55.1 Å². The van der Waals surface area contributed by atoms with Gasteiger partial charge in [-0.15, -0.1) is 0 Å². The maximum Gasteiger partial charge on any atom is 0.244 e. The zero-order chi connectivity index (χ0) is 16.4. The number of hydrogen-bond donors (Lipinski definition) is 1. The Hall–Kier alpha value is -0.340. The van der Waals surface area contributed by atoms with Crippen LogP contribution in [0.3, 0.4) is 0 Å². The molecule has 9 heteroatoms. The van der Waals surface area contributed by atoms with Crippen LogP contribution < -0.4 is 4.72 Å². The lowest BCUT2D eigenvalue weighted by molar-refractivity contribution is -0.131. The van der Waals surface area contributed by atoms with E-state index in [1.165, 1.54) is 24.0 Å². The van der Waals surface area contributed by atoms with Gasteiger partial charge in [-0.25, -0.2) is 8.42 Å². The van der Waals surface area contributed by atoms with Gasteiger partial charge in [-0.05, 0) is 26.0 Å². The molecule has 1 rings (SSSR count). The van der Waals surface area contributed by atoms with E-state index in [1.807, 2.05) is 0 Å². The number of rotatable bonds is 5. The van der Waals surface area contributed by atoms with Gasteiger partial charge >= 0.3 is 0 Å². The molecule has 0 aliphatic heterocycles. The Morgan fingerprint density at radius 1 is 1.38 bits per heavy atom. The van der Waals surface area contributed by atoms with Crippen molar-refractivity contribution in [3.05, 3.63) is 26.7 Å². The molecule has 1 N–H and O–H groups in total. The largest absolute Gasteiger partial charge is 0.345 e. The van der Waals surface area contributed by atoms with Crippen LogP contribution in [0.1, 0.15) is 13.8 Å². The van der Waals surface area contributed by atoms with E-state index < -0.39 is 16.1 Å². The molecule has 1 aromatic rings. The standard InChI is InChI=1S/C12H15BrCl2N2O3S/c1-4-17(3)12(18)7(2)16-21(19,20)11-9(14)5-8(13)6-10(11)15/h5-7,16H,4H2,1-3H3. The summed E-state index contributed by atoms with van der Waals surface area (Å²) in [5, 5.41) is -0.0456. The maximum atomic E-state index is 12.3. The van der Waals surface area contributed by atoms with Gasteiger partial charge in [-0.2, -0.15) is 4.72 Å². The quantitative estimate of drug-likeness (QED) is 0.800. The molecule has 5 nitrogen and oxygen atoms in total.